The van der Waals surface area contributed by atoms with Crippen molar-refractivity contribution in [3.63, 3.8) is 0 Å². The summed E-state index contributed by atoms with van der Waals surface area (Å²) >= 11 is 1.92. The largest absolute Gasteiger partial charge is 0.314 e. The zero-order valence-electron chi connectivity index (χ0n) is 9.11. The van der Waals surface area contributed by atoms with Gasteiger partial charge in [-0.1, -0.05) is 6.07 Å². The highest BCUT2D eigenvalue weighted by molar-refractivity contribution is 7.09. The lowest BCUT2D eigenvalue weighted by Crippen LogP contribution is -2.37. The van der Waals surface area contributed by atoms with Crippen LogP contribution in [-0.4, -0.2) is 12.6 Å². The van der Waals surface area contributed by atoms with Gasteiger partial charge in [-0.3, -0.25) is 0 Å². The van der Waals surface area contributed by atoms with Gasteiger partial charge < -0.3 is 5.32 Å². The van der Waals surface area contributed by atoms with Gasteiger partial charge in [-0.2, -0.15) is 0 Å². The monoisotopic (exact) mass is 221 g/mol. The Labute approximate surface area is 95.9 Å². The molecule has 2 aliphatic carbocycles. The molecule has 0 radical (unpaired) electrons. The summed E-state index contributed by atoms with van der Waals surface area (Å²) in [6.45, 7) is 1.28. The van der Waals surface area contributed by atoms with Crippen molar-refractivity contribution in [2.45, 2.75) is 38.1 Å². The summed E-state index contributed by atoms with van der Waals surface area (Å²) in [6.07, 6.45) is 7.07. The van der Waals surface area contributed by atoms with E-state index in [4.69, 9.17) is 0 Å². The molecule has 2 heteroatoms. The second-order valence-electron chi connectivity index (χ2n) is 5.06. The van der Waals surface area contributed by atoms with Crippen LogP contribution in [0.5, 0.6) is 0 Å². The highest BCUT2D eigenvalue weighted by Crippen LogP contribution is 2.37. The molecule has 2 saturated carbocycles. The van der Waals surface area contributed by atoms with Crippen molar-refractivity contribution in [3.05, 3.63) is 22.4 Å². The second-order valence-corrected chi connectivity index (χ2v) is 6.10. The van der Waals surface area contributed by atoms with Crippen LogP contribution in [0.4, 0.5) is 0 Å². The lowest BCUT2D eigenvalue weighted by Gasteiger charge is -2.36. The van der Waals surface area contributed by atoms with Crippen molar-refractivity contribution in [1.82, 2.24) is 5.32 Å². The summed E-state index contributed by atoms with van der Waals surface area (Å²) in [6, 6.07) is 5.35. The van der Waals surface area contributed by atoms with Crippen LogP contribution in [-0.2, 0) is 6.42 Å². The molecule has 82 valence electrons. The zero-order valence-corrected chi connectivity index (χ0v) is 9.93. The van der Waals surface area contributed by atoms with Crippen LogP contribution in [0.3, 0.4) is 0 Å². The molecule has 2 atom stereocenters. The smallest absolute Gasteiger partial charge is 0.00683 e. The summed E-state index contributed by atoms with van der Waals surface area (Å²) in [7, 11) is 0. The molecular weight excluding hydrogens is 202 g/mol. The van der Waals surface area contributed by atoms with E-state index in [1.807, 2.05) is 11.3 Å². The predicted octanol–water partition coefficient (Wildman–Crippen LogP) is 3.07. The molecule has 1 nitrogen and oxygen atoms in total. The summed E-state index contributed by atoms with van der Waals surface area (Å²) in [5, 5.41) is 5.87. The number of thiophene rings is 1. The fraction of sp³-hybridized carbons (Fsp3) is 0.692. The zero-order chi connectivity index (χ0) is 10.1. The molecule has 1 aromatic rings. The maximum atomic E-state index is 3.67. The molecule has 0 bridgehead atoms. The third kappa shape index (κ3) is 2.43. The van der Waals surface area contributed by atoms with Gasteiger partial charge in [-0.05, 0) is 61.9 Å². The molecule has 0 spiro atoms. The van der Waals surface area contributed by atoms with Crippen molar-refractivity contribution in [2.75, 3.05) is 6.54 Å². The summed E-state index contributed by atoms with van der Waals surface area (Å²) in [5.41, 5.74) is 0. The van der Waals surface area contributed by atoms with Gasteiger partial charge >= 0.3 is 0 Å². The minimum Gasteiger partial charge on any atom is -0.314 e. The Morgan fingerprint density at radius 1 is 1.20 bits per heavy atom. The van der Waals surface area contributed by atoms with Gasteiger partial charge in [0.25, 0.3) is 0 Å². The average Bonchev–Trinajstić information content (AvgIpc) is 2.90. The first-order valence-electron chi connectivity index (χ1n) is 6.17. The fourth-order valence-corrected chi connectivity index (χ4v) is 3.27. The SMILES string of the molecule is c1csc(CC2CCC2CNC2CC2)c1. The quantitative estimate of drug-likeness (QED) is 0.806. The van der Waals surface area contributed by atoms with Crippen molar-refractivity contribution < 1.29 is 0 Å². The molecule has 1 aromatic heterocycles. The van der Waals surface area contributed by atoms with Gasteiger partial charge in [0.1, 0.15) is 0 Å². The fourth-order valence-electron chi connectivity index (χ4n) is 2.47. The molecule has 1 N–H and O–H groups in total. The second kappa shape index (κ2) is 4.26. The van der Waals surface area contributed by atoms with Gasteiger partial charge in [-0.15, -0.1) is 11.3 Å². The summed E-state index contributed by atoms with van der Waals surface area (Å²) < 4.78 is 0. The van der Waals surface area contributed by atoms with E-state index >= 15 is 0 Å². The molecule has 2 unspecified atom stereocenters. The minimum atomic E-state index is 0.882. The number of nitrogens with one attached hydrogen (secondary N) is 1. The van der Waals surface area contributed by atoms with Crippen molar-refractivity contribution in [3.8, 4) is 0 Å². The highest BCUT2D eigenvalue weighted by Gasteiger charge is 2.32. The number of hydrogen-bond acceptors (Lipinski definition) is 2. The summed E-state index contributed by atoms with van der Waals surface area (Å²) in [5.74, 6) is 1.93. The van der Waals surface area contributed by atoms with E-state index in [1.165, 1.54) is 38.6 Å². The Balaban J connectivity index is 1.45. The molecule has 3 rings (SSSR count). The van der Waals surface area contributed by atoms with E-state index in [1.54, 1.807) is 4.88 Å². The standard InChI is InChI=1S/C13H19NS/c1-2-13(15-7-1)8-10-3-4-11(10)9-14-12-5-6-12/h1-2,7,10-12,14H,3-6,8-9H2. The summed E-state index contributed by atoms with van der Waals surface area (Å²) in [4.78, 5) is 1.58. The molecule has 0 aliphatic heterocycles. The maximum absolute atomic E-state index is 3.67. The third-order valence-corrected chi connectivity index (χ3v) is 4.76. The maximum Gasteiger partial charge on any atom is 0.00683 e. The van der Waals surface area contributed by atoms with Gasteiger partial charge in [-0.25, -0.2) is 0 Å². The number of hydrogen-bond donors (Lipinski definition) is 1. The van der Waals surface area contributed by atoms with E-state index in [0.29, 0.717) is 0 Å². The molecule has 2 aliphatic rings. The van der Waals surface area contributed by atoms with Crippen LogP contribution in [0.15, 0.2) is 17.5 Å². The van der Waals surface area contributed by atoms with Gasteiger partial charge in [0.05, 0.1) is 0 Å². The normalized spacial score (nSPS) is 30.1. The van der Waals surface area contributed by atoms with Gasteiger partial charge in [0.15, 0.2) is 0 Å². The Kier molecular flexibility index (Phi) is 2.80. The minimum absolute atomic E-state index is 0.882. The number of rotatable bonds is 5. The van der Waals surface area contributed by atoms with Crippen molar-refractivity contribution in [1.29, 1.82) is 0 Å². The van der Waals surface area contributed by atoms with E-state index in [9.17, 15) is 0 Å². The van der Waals surface area contributed by atoms with Gasteiger partial charge in [0, 0.05) is 10.9 Å². The van der Waals surface area contributed by atoms with Crippen LogP contribution >= 0.6 is 11.3 Å². The Morgan fingerprint density at radius 2 is 2.07 bits per heavy atom. The molecule has 0 aromatic carbocycles. The van der Waals surface area contributed by atoms with E-state index in [0.717, 1.165) is 17.9 Å². The van der Waals surface area contributed by atoms with Crippen LogP contribution in [0.1, 0.15) is 30.6 Å². The van der Waals surface area contributed by atoms with Crippen molar-refractivity contribution in [2.24, 2.45) is 11.8 Å². The molecule has 15 heavy (non-hydrogen) atoms. The first-order valence-corrected chi connectivity index (χ1v) is 7.05. The van der Waals surface area contributed by atoms with Crippen LogP contribution in [0.2, 0.25) is 0 Å². The van der Waals surface area contributed by atoms with Crippen LogP contribution in [0, 0.1) is 11.8 Å². The molecule has 2 fully saturated rings. The first-order chi connectivity index (χ1) is 7.42. The third-order valence-electron chi connectivity index (χ3n) is 3.86. The lowest BCUT2D eigenvalue weighted by atomic mass is 9.71. The van der Waals surface area contributed by atoms with Crippen LogP contribution < -0.4 is 5.32 Å². The van der Waals surface area contributed by atoms with E-state index in [2.05, 4.69) is 22.8 Å². The van der Waals surface area contributed by atoms with E-state index < -0.39 is 0 Å². The van der Waals surface area contributed by atoms with E-state index in [-0.39, 0.29) is 0 Å². The lowest BCUT2D eigenvalue weighted by molar-refractivity contribution is 0.171. The van der Waals surface area contributed by atoms with Crippen LogP contribution in [0.25, 0.3) is 0 Å². The Bertz CT molecular complexity index is 302. The first kappa shape index (κ1) is 9.86. The molecule has 0 amide bonds. The molecule has 0 saturated heterocycles. The van der Waals surface area contributed by atoms with Gasteiger partial charge in [0.2, 0.25) is 0 Å². The average molecular weight is 221 g/mol. The Hall–Kier alpha value is -0.340. The topological polar surface area (TPSA) is 12.0 Å². The molecule has 1 heterocycles. The highest BCUT2D eigenvalue weighted by atomic mass is 32.1. The Morgan fingerprint density at radius 3 is 2.67 bits per heavy atom. The predicted molar refractivity (Wildman–Crippen MR) is 65.3 cm³/mol. The van der Waals surface area contributed by atoms with Crippen molar-refractivity contribution >= 4 is 11.3 Å². The molecular formula is C13H19NS.